The molecule has 0 radical (unpaired) electrons. The van der Waals surface area contributed by atoms with Crippen LogP contribution in [0, 0.1) is 0 Å². The molecule has 1 saturated heterocycles. The first-order valence-electron chi connectivity index (χ1n) is 8.03. The molecule has 1 fully saturated rings. The molecule has 2 rings (SSSR count). The van der Waals surface area contributed by atoms with Gasteiger partial charge in [0.05, 0.1) is 12.3 Å². The molecule has 2 heterocycles. The number of hydrogen-bond donors (Lipinski definition) is 1. The van der Waals surface area contributed by atoms with E-state index >= 15 is 0 Å². The first-order chi connectivity index (χ1) is 10.3. The SMILES string of the molecule is CCN(CC)C(CNC(=NC)N1CCCC1)c1ccco1. The third kappa shape index (κ3) is 4.00. The summed E-state index contributed by atoms with van der Waals surface area (Å²) < 4.78 is 5.64. The number of rotatable bonds is 6. The normalized spacial score (nSPS) is 17.5. The summed E-state index contributed by atoms with van der Waals surface area (Å²) in [4.78, 5) is 9.16. The minimum Gasteiger partial charge on any atom is -0.468 e. The number of guanidine groups is 1. The second-order valence-corrected chi connectivity index (χ2v) is 5.37. The van der Waals surface area contributed by atoms with Gasteiger partial charge in [-0.3, -0.25) is 9.89 Å². The maximum Gasteiger partial charge on any atom is 0.193 e. The van der Waals surface area contributed by atoms with Crippen molar-refractivity contribution in [1.29, 1.82) is 0 Å². The lowest BCUT2D eigenvalue weighted by molar-refractivity contribution is 0.192. The molecule has 0 aromatic carbocycles. The zero-order valence-electron chi connectivity index (χ0n) is 13.5. The van der Waals surface area contributed by atoms with E-state index in [1.807, 2.05) is 13.1 Å². The van der Waals surface area contributed by atoms with Crippen LogP contribution in [0.2, 0.25) is 0 Å². The minimum absolute atomic E-state index is 0.245. The molecule has 118 valence electrons. The largest absolute Gasteiger partial charge is 0.468 e. The number of aliphatic imine (C=N–C) groups is 1. The van der Waals surface area contributed by atoms with Gasteiger partial charge in [-0.2, -0.15) is 0 Å². The van der Waals surface area contributed by atoms with Crippen molar-refractivity contribution in [3.63, 3.8) is 0 Å². The van der Waals surface area contributed by atoms with Crippen LogP contribution in [-0.2, 0) is 0 Å². The van der Waals surface area contributed by atoms with Crippen LogP contribution in [0.4, 0.5) is 0 Å². The summed E-state index contributed by atoms with van der Waals surface area (Å²) in [5, 5.41) is 3.52. The zero-order valence-corrected chi connectivity index (χ0v) is 13.5. The van der Waals surface area contributed by atoms with Crippen molar-refractivity contribution in [2.75, 3.05) is 39.8 Å². The van der Waals surface area contributed by atoms with Crippen LogP contribution in [0.25, 0.3) is 0 Å². The maximum atomic E-state index is 5.64. The van der Waals surface area contributed by atoms with Crippen molar-refractivity contribution in [3.05, 3.63) is 24.2 Å². The molecule has 1 aliphatic rings. The van der Waals surface area contributed by atoms with E-state index in [1.165, 1.54) is 12.8 Å². The lowest BCUT2D eigenvalue weighted by Gasteiger charge is -2.30. The molecular formula is C16H28N4O. The van der Waals surface area contributed by atoms with E-state index in [9.17, 15) is 0 Å². The van der Waals surface area contributed by atoms with Crippen LogP contribution >= 0.6 is 0 Å². The molecule has 1 aromatic rings. The Morgan fingerprint density at radius 3 is 2.62 bits per heavy atom. The first-order valence-corrected chi connectivity index (χ1v) is 8.03. The van der Waals surface area contributed by atoms with Gasteiger partial charge in [0.2, 0.25) is 0 Å². The van der Waals surface area contributed by atoms with E-state index in [0.717, 1.165) is 44.4 Å². The van der Waals surface area contributed by atoms with Crippen LogP contribution in [0.15, 0.2) is 27.8 Å². The van der Waals surface area contributed by atoms with Gasteiger partial charge in [-0.05, 0) is 38.1 Å². The van der Waals surface area contributed by atoms with Gasteiger partial charge in [-0.1, -0.05) is 13.8 Å². The van der Waals surface area contributed by atoms with E-state index in [0.29, 0.717) is 0 Å². The molecule has 0 bridgehead atoms. The van der Waals surface area contributed by atoms with E-state index in [1.54, 1.807) is 6.26 Å². The summed E-state index contributed by atoms with van der Waals surface area (Å²) in [5.74, 6) is 2.03. The highest BCUT2D eigenvalue weighted by molar-refractivity contribution is 5.80. The molecule has 0 amide bonds. The summed E-state index contributed by atoms with van der Waals surface area (Å²) in [6.45, 7) is 9.42. The van der Waals surface area contributed by atoms with Crippen molar-refractivity contribution in [1.82, 2.24) is 15.1 Å². The van der Waals surface area contributed by atoms with Gasteiger partial charge in [0.15, 0.2) is 5.96 Å². The molecule has 5 heteroatoms. The Morgan fingerprint density at radius 2 is 2.10 bits per heavy atom. The zero-order chi connectivity index (χ0) is 15.1. The third-order valence-electron chi connectivity index (χ3n) is 4.20. The predicted molar refractivity (Wildman–Crippen MR) is 86.5 cm³/mol. The van der Waals surface area contributed by atoms with E-state index in [-0.39, 0.29) is 6.04 Å². The molecule has 1 aliphatic heterocycles. The van der Waals surface area contributed by atoms with Crippen molar-refractivity contribution in [3.8, 4) is 0 Å². The van der Waals surface area contributed by atoms with E-state index in [2.05, 4.69) is 40.0 Å². The smallest absolute Gasteiger partial charge is 0.193 e. The molecule has 1 aromatic heterocycles. The number of hydrogen-bond acceptors (Lipinski definition) is 3. The highest BCUT2D eigenvalue weighted by Gasteiger charge is 2.22. The average Bonchev–Trinajstić information content (AvgIpc) is 3.20. The Bertz CT molecular complexity index is 419. The van der Waals surface area contributed by atoms with Gasteiger partial charge in [0.25, 0.3) is 0 Å². The van der Waals surface area contributed by atoms with Crippen LogP contribution in [-0.4, -0.2) is 55.5 Å². The molecule has 5 nitrogen and oxygen atoms in total. The second kappa shape index (κ2) is 8.08. The Kier molecular flexibility index (Phi) is 6.11. The van der Waals surface area contributed by atoms with Gasteiger partial charge >= 0.3 is 0 Å². The standard InChI is InChI=1S/C16H28N4O/c1-4-19(5-2)14(15-9-8-12-21-15)13-18-16(17-3)20-10-6-7-11-20/h8-9,12,14H,4-7,10-11,13H2,1-3H3,(H,17,18). The lowest BCUT2D eigenvalue weighted by atomic mass is 10.2. The van der Waals surface area contributed by atoms with Gasteiger partial charge in [0, 0.05) is 26.7 Å². The lowest BCUT2D eigenvalue weighted by Crippen LogP contribution is -2.44. The number of likely N-dealkylation sites (tertiary alicyclic amines) is 1. The Balaban J connectivity index is 2.01. The summed E-state index contributed by atoms with van der Waals surface area (Å²) in [7, 11) is 1.86. The van der Waals surface area contributed by atoms with E-state index in [4.69, 9.17) is 4.42 Å². The Morgan fingerprint density at radius 1 is 1.38 bits per heavy atom. The third-order valence-corrected chi connectivity index (χ3v) is 4.20. The van der Waals surface area contributed by atoms with Crippen LogP contribution in [0.3, 0.4) is 0 Å². The molecule has 21 heavy (non-hydrogen) atoms. The van der Waals surface area contributed by atoms with Gasteiger partial charge in [-0.25, -0.2) is 0 Å². The second-order valence-electron chi connectivity index (χ2n) is 5.37. The first kappa shape index (κ1) is 15.9. The summed E-state index contributed by atoms with van der Waals surface area (Å²) >= 11 is 0. The van der Waals surface area contributed by atoms with Crippen LogP contribution < -0.4 is 5.32 Å². The van der Waals surface area contributed by atoms with Crippen molar-refractivity contribution >= 4 is 5.96 Å². The predicted octanol–water partition coefficient (Wildman–Crippen LogP) is 2.33. The highest BCUT2D eigenvalue weighted by Crippen LogP contribution is 2.20. The number of nitrogens with zero attached hydrogens (tertiary/aromatic N) is 3. The number of likely N-dealkylation sites (N-methyl/N-ethyl adjacent to an activating group) is 1. The van der Waals surface area contributed by atoms with Crippen LogP contribution in [0.5, 0.6) is 0 Å². The van der Waals surface area contributed by atoms with Gasteiger partial charge in [0.1, 0.15) is 5.76 Å². The monoisotopic (exact) mass is 292 g/mol. The summed E-state index contributed by atoms with van der Waals surface area (Å²) in [6, 6.07) is 4.26. The van der Waals surface area contributed by atoms with Gasteiger partial charge < -0.3 is 14.6 Å². The molecular weight excluding hydrogens is 264 g/mol. The number of furan rings is 1. The molecule has 1 N–H and O–H groups in total. The molecule has 0 aliphatic carbocycles. The van der Waals surface area contributed by atoms with Crippen LogP contribution in [0.1, 0.15) is 38.5 Å². The summed E-state index contributed by atoms with van der Waals surface area (Å²) in [6.07, 6.45) is 4.28. The Labute approximate surface area is 128 Å². The Hall–Kier alpha value is -1.49. The highest BCUT2D eigenvalue weighted by atomic mass is 16.3. The summed E-state index contributed by atoms with van der Waals surface area (Å²) in [5.41, 5.74) is 0. The average molecular weight is 292 g/mol. The fraction of sp³-hybridized carbons (Fsp3) is 0.688. The van der Waals surface area contributed by atoms with E-state index < -0.39 is 0 Å². The van der Waals surface area contributed by atoms with Gasteiger partial charge in [-0.15, -0.1) is 0 Å². The topological polar surface area (TPSA) is 44.0 Å². The van der Waals surface area contributed by atoms with Crippen molar-refractivity contribution in [2.45, 2.75) is 32.7 Å². The van der Waals surface area contributed by atoms with Crippen molar-refractivity contribution < 1.29 is 4.42 Å². The molecule has 1 unspecified atom stereocenters. The fourth-order valence-corrected chi connectivity index (χ4v) is 3.00. The quantitative estimate of drug-likeness (QED) is 0.645. The fourth-order valence-electron chi connectivity index (χ4n) is 3.00. The van der Waals surface area contributed by atoms with Crippen molar-refractivity contribution in [2.24, 2.45) is 4.99 Å². The maximum absolute atomic E-state index is 5.64. The number of nitrogens with one attached hydrogen (secondary N) is 1. The molecule has 0 spiro atoms. The molecule has 1 atom stereocenters. The minimum atomic E-state index is 0.245. The molecule has 0 saturated carbocycles.